The molecule has 0 bridgehead atoms. The number of carbonyl (C=O) groups excluding carboxylic acids is 2. The monoisotopic (exact) mass is 611 g/mol. The number of hydrogen-bond donors (Lipinski definition) is 1. The predicted octanol–water partition coefficient (Wildman–Crippen LogP) is 6.48. The Morgan fingerprint density at radius 3 is 2.40 bits per heavy atom. The van der Waals surface area contributed by atoms with E-state index in [1.54, 1.807) is 0 Å². The third-order valence-electron chi connectivity index (χ3n) is 10.0. The number of fused-ring (bicyclic) bond motifs is 1. The molecule has 0 unspecified atom stereocenters. The van der Waals surface area contributed by atoms with Crippen LogP contribution in [0.15, 0.2) is 54.6 Å². The van der Waals surface area contributed by atoms with E-state index in [4.69, 9.17) is 9.72 Å². The van der Waals surface area contributed by atoms with Crippen LogP contribution in [0.3, 0.4) is 0 Å². The third-order valence-corrected chi connectivity index (χ3v) is 10.0. The molecule has 3 aliphatic rings. The molecule has 1 saturated carbocycles. The van der Waals surface area contributed by atoms with Gasteiger partial charge in [0.2, 0.25) is 5.91 Å². The first-order valence-electron chi connectivity index (χ1n) is 17.2. The number of amides is 2. The molecule has 8 heteroatoms. The van der Waals surface area contributed by atoms with E-state index >= 15 is 0 Å². The number of piperidine rings is 1. The minimum absolute atomic E-state index is 0.0450. The van der Waals surface area contributed by atoms with Crippen LogP contribution in [-0.2, 0) is 11.3 Å². The van der Waals surface area contributed by atoms with Gasteiger partial charge in [0.25, 0.3) is 0 Å². The van der Waals surface area contributed by atoms with Gasteiger partial charge in [0.05, 0.1) is 17.8 Å². The fourth-order valence-corrected chi connectivity index (χ4v) is 7.40. The van der Waals surface area contributed by atoms with Gasteiger partial charge >= 0.3 is 6.09 Å². The Morgan fingerprint density at radius 1 is 0.889 bits per heavy atom. The summed E-state index contributed by atoms with van der Waals surface area (Å²) in [4.78, 5) is 38.6. The maximum Gasteiger partial charge on any atom is 0.412 e. The summed E-state index contributed by atoms with van der Waals surface area (Å²) in [6.45, 7) is 8.63. The van der Waals surface area contributed by atoms with Crippen molar-refractivity contribution in [3.05, 3.63) is 60.2 Å². The lowest BCUT2D eigenvalue weighted by Crippen LogP contribution is -2.50. The van der Waals surface area contributed by atoms with Gasteiger partial charge in [-0.05, 0) is 76.7 Å². The normalized spacial score (nSPS) is 19.5. The highest BCUT2D eigenvalue weighted by atomic mass is 16.6. The second-order valence-electron chi connectivity index (χ2n) is 13.2. The number of aromatic nitrogens is 1. The molecule has 3 fully saturated rings. The van der Waals surface area contributed by atoms with E-state index in [1.165, 1.54) is 51.6 Å². The zero-order valence-electron chi connectivity index (χ0n) is 26.9. The fraction of sp³-hybridized carbons (Fsp3) is 0.541. The molecule has 240 valence electrons. The quantitative estimate of drug-likeness (QED) is 0.283. The molecule has 45 heavy (non-hydrogen) atoms. The van der Waals surface area contributed by atoms with Crippen LogP contribution >= 0.6 is 0 Å². The number of nitrogens with zero attached hydrogens (tertiary/aromatic N) is 4. The molecule has 0 spiro atoms. The lowest BCUT2D eigenvalue weighted by atomic mass is 9.85. The highest BCUT2D eigenvalue weighted by molar-refractivity contribution is 5.92. The average Bonchev–Trinajstić information content (AvgIpc) is 3.08. The molecule has 2 aromatic carbocycles. The van der Waals surface area contributed by atoms with Crippen LogP contribution in [0, 0.1) is 5.92 Å². The molecular formula is C37H49N5O3. The topological polar surface area (TPSA) is 78.0 Å². The van der Waals surface area contributed by atoms with Gasteiger partial charge in [0, 0.05) is 48.7 Å². The van der Waals surface area contributed by atoms with E-state index in [0.29, 0.717) is 31.3 Å². The molecular weight excluding hydrogens is 562 g/mol. The van der Waals surface area contributed by atoms with E-state index < -0.39 is 6.09 Å². The van der Waals surface area contributed by atoms with Crippen LogP contribution in [0.2, 0.25) is 0 Å². The van der Waals surface area contributed by atoms with Gasteiger partial charge in [-0.2, -0.15) is 0 Å². The number of ether oxygens (including phenoxy) is 1. The standard InChI is InChI=1S/C37H49N5O3/c1-28(29-14-5-2-6-15-29)38-37(44)45-36-31-18-9-10-19-33(31)39-35(30-16-7-3-8-17-30)32(36)26-41-24-25-42(34(43)27-41)23-13-22-40-20-11-4-12-21-40/h3,7-10,16-19,28-29H,2,4-6,11-15,20-27H2,1H3,(H,38,44)/t28-/m0/s1. The summed E-state index contributed by atoms with van der Waals surface area (Å²) in [5, 5.41) is 3.95. The van der Waals surface area contributed by atoms with Gasteiger partial charge in [-0.15, -0.1) is 0 Å². The Morgan fingerprint density at radius 2 is 1.62 bits per heavy atom. The molecule has 0 radical (unpaired) electrons. The van der Waals surface area contributed by atoms with Crippen molar-refractivity contribution in [1.29, 1.82) is 0 Å². The van der Waals surface area contributed by atoms with E-state index in [0.717, 1.165) is 66.6 Å². The molecule has 1 aromatic heterocycles. The lowest BCUT2D eigenvalue weighted by Gasteiger charge is -2.35. The van der Waals surface area contributed by atoms with Crippen molar-refractivity contribution in [2.75, 3.05) is 45.8 Å². The van der Waals surface area contributed by atoms with Gasteiger partial charge < -0.3 is 19.9 Å². The predicted molar refractivity (Wildman–Crippen MR) is 179 cm³/mol. The van der Waals surface area contributed by atoms with E-state index in [-0.39, 0.29) is 11.9 Å². The van der Waals surface area contributed by atoms with Crippen molar-refractivity contribution >= 4 is 22.9 Å². The number of likely N-dealkylation sites (tertiary alicyclic amines) is 1. The second-order valence-corrected chi connectivity index (χ2v) is 13.2. The average molecular weight is 612 g/mol. The van der Waals surface area contributed by atoms with Crippen LogP contribution in [-0.4, -0.2) is 83.5 Å². The second kappa shape index (κ2) is 15.2. The molecule has 3 aromatic rings. The first-order valence-corrected chi connectivity index (χ1v) is 17.2. The van der Waals surface area contributed by atoms with Crippen molar-refractivity contribution < 1.29 is 14.3 Å². The van der Waals surface area contributed by atoms with Crippen LogP contribution in [0.25, 0.3) is 22.2 Å². The third kappa shape index (κ3) is 8.03. The number of pyridine rings is 1. The van der Waals surface area contributed by atoms with Crippen molar-refractivity contribution in [1.82, 2.24) is 25.0 Å². The number of para-hydroxylation sites is 1. The van der Waals surface area contributed by atoms with E-state index in [1.807, 2.05) is 59.5 Å². The van der Waals surface area contributed by atoms with Crippen molar-refractivity contribution in [2.45, 2.75) is 77.3 Å². The maximum absolute atomic E-state index is 13.5. The Balaban J connectivity index is 1.22. The summed E-state index contributed by atoms with van der Waals surface area (Å²) in [7, 11) is 0. The molecule has 2 amide bonds. The van der Waals surface area contributed by atoms with Crippen molar-refractivity contribution in [2.24, 2.45) is 5.92 Å². The van der Waals surface area contributed by atoms with Crippen LogP contribution in [0.1, 0.15) is 70.3 Å². The minimum atomic E-state index is -0.431. The number of rotatable bonds is 10. The zero-order chi connectivity index (χ0) is 31.0. The lowest BCUT2D eigenvalue weighted by molar-refractivity contribution is -0.136. The SMILES string of the molecule is C[C@H](NC(=O)Oc1c(CN2CCN(CCCN3CCCCC3)C(=O)C2)c(-c2ccccc2)nc2ccccc12)C1CCCCC1. The summed E-state index contributed by atoms with van der Waals surface area (Å²) in [6, 6.07) is 18.0. The van der Waals surface area contributed by atoms with E-state index in [9.17, 15) is 9.59 Å². The van der Waals surface area contributed by atoms with Crippen LogP contribution < -0.4 is 10.1 Å². The smallest absolute Gasteiger partial charge is 0.409 e. The number of nitrogens with one attached hydrogen (secondary N) is 1. The summed E-state index contributed by atoms with van der Waals surface area (Å²) in [5.41, 5.74) is 3.36. The van der Waals surface area contributed by atoms with Crippen molar-refractivity contribution in [3.63, 3.8) is 0 Å². The van der Waals surface area contributed by atoms with Crippen LogP contribution in [0.4, 0.5) is 4.79 Å². The molecule has 3 heterocycles. The Hall–Kier alpha value is -3.49. The summed E-state index contributed by atoms with van der Waals surface area (Å²) < 4.78 is 6.27. The van der Waals surface area contributed by atoms with Gasteiger partial charge in [0.15, 0.2) is 0 Å². The van der Waals surface area contributed by atoms with Crippen LogP contribution in [0.5, 0.6) is 5.75 Å². The summed E-state index contributed by atoms with van der Waals surface area (Å²) >= 11 is 0. The molecule has 6 rings (SSSR count). The van der Waals surface area contributed by atoms with Gasteiger partial charge in [0.1, 0.15) is 5.75 Å². The Bertz CT molecular complexity index is 1430. The number of hydrogen-bond acceptors (Lipinski definition) is 6. The van der Waals surface area contributed by atoms with E-state index in [2.05, 4.69) is 22.0 Å². The summed E-state index contributed by atoms with van der Waals surface area (Å²) in [6.07, 6.45) is 10.5. The molecule has 1 N–H and O–H groups in total. The number of piperazine rings is 1. The zero-order valence-corrected chi connectivity index (χ0v) is 26.9. The highest BCUT2D eigenvalue weighted by Gasteiger charge is 2.29. The molecule has 2 aliphatic heterocycles. The molecule has 1 aliphatic carbocycles. The van der Waals surface area contributed by atoms with Gasteiger partial charge in [-0.25, -0.2) is 9.78 Å². The highest BCUT2D eigenvalue weighted by Crippen LogP contribution is 2.37. The van der Waals surface area contributed by atoms with Gasteiger partial charge in [-0.3, -0.25) is 9.69 Å². The largest absolute Gasteiger partial charge is 0.412 e. The molecule has 2 saturated heterocycles. The van der Waals surface area contributed by atoms with Gasteiger partial charge in [-0.1, -0.05) is 68.1 Å². The Kier molecular flexibility index (Phi) is 10.6. The molecule has 8 nitrogen and oxygen atoms in total. The Labute approximate surface area is 268 Å². The fourth-order valence-electron chi connectivity index (χ4n) is 7.40. The first-order chi connectivity index (χ1) is 22.0. The minimum Gasteiger partial charge on any atom is -0.409 e. The van der Waals surface area contributed by atoms with Crippen molar-refractivity contribution in [3.8, 4) is 17.0 Å². The summed E-state index contributed by atoms with van der Waals surface area (Å²) in [5.74, 6) is 1.17. The molecule has 1 atom stereocenters. The number of carbonyl (C=O) groups is 2. The number of benzene rings is 2. The first kappa shape index (κ1) is 31.5. The maximum atomic E-state index is 13.5.